The van der Waals surface area contributed by atoms with Gasteiger partial charge in [-0.3, -0.25) is 0 Å². The van der Waals surface area contributed by atoms with Crippen molar-refractivity contribution in [2.75, 3.05) is 0 Å². The van der Waals surface area contributed by atoms with Gasteiger partial charge in [0.25, 0.3) is 0 Å². The Morgan fingerprint density at radius 2 is 0.886 bits per heavy atom. The average Bonchev–Trinajstić information content (AvgIpc) is 2.97. The molecule has 0 fully saturated rings. The zero-order chi connectivity index (χ0) is 31.8. The molecular formula is C36H28O8. The van der Waals surface area contributed by atoms with Gasteiger partial charge in [-0.05, 0) is 90.7 Å². The van der Waals surface area contributed by atoms with Crippen LogP contribution >= 0.6 is 0 Å². The zero-order valence-electron chi connectivity index (χ0n) is 24.4. The van der Waals surface area contributed by atoms with Crippen LogP contribution in [0.2, 0.25) is 0 Å². The van der Waals surface area contributed by atoms with Crippen LogP contribution in [0.15, 0.2) is 60.7 Å². The number of rotatable bonds is 7. The Labute approximate surface area is 251 Å². The number of carboxylic acid groups (broad SMARTS) is 4. The van der Waals surface area contributed by atoms with Crippen LogP contribution in [0.3, 0.4) is 0 Å². The van der Waals surface area contributed by atoms with Gasteiger partial charge in [-0.15, -0.1) is 0 Å². The summed E-state index contributed by atoms with van der Waals surface area (Å²) in [6.07, 6.45) is 0. The SMILES string of the molecule is CC(C)c1cccc(C(C)C)c1-c1cc(C(=O)O)c2c(C(=O)O)ccc3c4ccc(C(=O)O)c5c(C(=O)O)ccc(c1c23)c54. The van der Waals surface area contributed by atoms with Gasteiger partial charge >= 0.3 is 23.9 Å². The minimum atomic E-state index is -1.29. The first kappa shape index (κ1) is 28.6. The highest BCUT2D eigenvalue weighted by Crippen LogP contribution is 2.49. The lowest BCUT2D eigenvalue weighted by atomic mass is 9.78. The van der Waals surface area contributed by atoms with Crippen LogP contribution in [0, 0.1) is 0 Å². The van der Waals surface area contributed by atoms with Gasteiger partial charge in [-0.1, -0.05) is 64.1 Å². The lowest BCUT2D eigenvalue weighted by Gasteiger charge is -2.25. The van der Waals surface area contributed by atoms with Gasteiger partial charge in [-0.25, -0.2) is 19.2 Å². The van der Waals surface area contributed by atoms with Crippen molar-refractivity contribution in [3.05, 3.63) is 94.0 Å². The normalized spacial score (nSPS) is 11.9. The molecule has 220 valence electrons. The number of carbonyl (C=O) groups is 4. The molecule has 0 aliphatic carbocycles. The van der Waals surface area contributed by atoms with Crippen LogP contribution in [0.25, 0.3) is 54.2 Å². The van der Waals surface area contributed by atoms with Gasteiger partial charge in [0, 0.05) is 10.8 Å². The van der Waals surface area contributed by atoms with E-state index in [1.165, 1.54) is 24.3 Å². The molecule has 6 rings (SSSR count). The second kappa shape index (κ2) is 10.1. The molecule has 0 amide bonds. The lowest BCUT2D eigenvalue weighted by Crippen LogP contribution is -2.09. The fourth-order valence-corrected chi connectivity index (χ4v) is 6.76. The van der Waals surface area contributed by atoms with Crippen molar-refractivity contribution in [2.24, 2.45) is 0 Å². The minimum Gasteiger partial charge on any atom is -0.478 e. The predicted molar refractivity (Wildman–Crippen MR) is 169 cm³/mol. The Hall–Kier alpha value is -5.50. The summed E-state index contributed by atoms with van der Waals surface area (Å²) in [7, 11) is 0. The number of benzene rings is 6. The van der Waals surface area contributed by atoms with Crippen LogP contribution in [0.5, 0.6) is 0 Å². The summed E-state index contributed by atoms with van der Waals surface area (Å²) in [5.74, 6) is -5.09. The van der Waals surface area contributed by atoms with Crippen molar-refractivity contribution in [1.82, 2.24) is 0 Å². The fourth-order valence-electron chi connectivity index (χ4n) is 6.76. The van der Waals surface area contributed by atoms with Crippen molar-refractivity contribution in [1.29, 1.82) is 0 Å². The highest BCUT2D eigenvalue weighted by Gasteiger charge is 2.29. The van der Waals surface area contributed by atoms with E-state index in [0.29, 0.717) is 37.9 Å². The second-order valence-corrected chi connectivity index (χ2v) is 11.7. The standard InChI is InChI=1S/C36H28O8/c1-15(2)17-6-5-7-18(16(3)4)27(17)25-14-26(36(43)44)31-24(35(41)42)12-9-20-19-8-11-22(33(37)38)30-23(34(39)40)13-10-21(28(19)30)29(25)32(20)31/h5-16H,1-4H3,(H,37,38)(H,39,40)(H,41,42)(H,43,44). The number of carboxylic acids is 4. The van der Waals surface area contributed by atoms with Crippen molar-refractivity contribution < 1.29 is 39.6 Å². The van der Waals surface area contributed by atoms with Gasteiger partial charge < -0.3 is 20.4 Å². The van der Waals surface area contributed by atoms with Crippen LogP contribution < -0.4 is 0 Å². The second-order valence-electron chi connectivity index (χ2n) is 11.7. The molecule has 0 unspecified atom stereocenters. The molecule has 0 radical (unpaired) electrons. The van der Waals surface area contributed by atoms with Crippen LogP contribution in [-0.2, 0) is 0 Å². The van der Waals surface area contributed by atoms with Crippen LogP contribution in [-0.4, -0.2) is 44.3 Å². The van der Waals surface area contributed by atoms with E-state index in [1.54, 1.807) is 18.2 Å². The Balaban J connectivity index is 2.05. The summed E-state index contributed by atoms with van der Waals surface area (Å²) in [5.41, 5.74) is 2.58. The highest BCUT2D eigenvalue weighted by atomic mass is 16.4. The number of aromatic carboxylic acids is 4. The molecule has 0 atom stereocenters. The monoisotopic (exact) mass is 588 g/mol. The first-order chi connectivity index (χ1) is 20.8. The van der Waals surface area contributed by atoms with E-state index in [4.69, 9.17) is 0 Å². The third-order valence-electron chi connectivity index (χ3n) is 8.57. The maximum absolute atomic E-state index is 12.9. The molecule has 0 saturated carbocycles. The van der Waals surface area contributed by atoms with Gasteiger partial charge in [-0.2, -0.15) is 0 Å². The largest absolute Gasteiger partial charge is 0.478 e. The van der Waals surface area contributed by atoms with E-state index >= 15 is 0 Å². The third kappa shape index (κ3) is 3.98. The molecule has 8 heteroatoms. The number of hydrogen-bond donors (Lipinski definition) is 4. The molecule has 0 spiro atoms. The van der Waals surface area contributed by atoms with Crippen molar-refractivity contribution >= 4 is 67.0 Å². The molecule has 6 aromatic rings. The van der Waals surface area contributed by atoms with Crippen LogP contribution in [0.1, 0.15) is 92.1 Å². The quantitative estimate of drug-likeness (QED) is 0.107. The molecule has 0 bridgehead atoms. The van der Waals surface area contributed by atoms with Gasteiger partial charge in [0.05, 0.1) is 22.3 Å². The fraction of sp³-hybridized carbons (Fsp3) is 0.167. The molecule has 8 nitrogen and oxygen atoms in total. The maximum atomic E-state index is 12.9. The summed E-state index contributed by atoms with van der Waals surface area (Å²) < 4.78 is 0. The van der Waals surface area contributed by atoms with E-state index in [0.717, 1.165) is 16.7 Å². The average molecular weight is 589 g/mol. The van der Waals surface area contributed by atoms with E-state index < -0.39 is 23.9 Å². The molecule has 44 heavy (non-hydrogen) atoms. The zero-order valence-corrected chi connectivity index (χ0v) is 24.4. The van der Waals surface area contributed by atoms with Crippen molar-refractivity contribution in [3.8, 4) is 11.1 Å². The van der Waals surface area contributed by atoms with Crippen molar-refractivity contribution in [3.63, 3.8) is 0 Å². The minimum absolute atomic E-state index is 0.0357. The topological polar surface area (TPSA) is 149 Å². The first-order valence-electron chi connectivity index (χ1n) is 14.2. The van der Waals surface area contributed by atoms with E-state index in [-0.39, 0.29) is 44.9 Å². The molecule has 6 aromatic carbocycles. The Morgan fingerprint density at radius 3 is 1.32 bits per heavy atom. The molecule has 0 aromatic heterocycles. The molecule has 0 aliphatic heterocycles. The molecule has 0 saturated heterocycles. The maximum Gasteiger partial charge on any atom is 0.336 e. The Morgan fingerprint density at radius 1 is 0.477 bits per heavy atom. The summed E-state index contributed by atoms with van der Waals surface area (Å²) >= 11 is 0. The van der Waals surface area contributed by atoms with E-state index in [2.05, 4.69) is 0 Å². The number of hydrogen-bond acceptors (Lipinski definition) is 4. The van der Waals surface area contributed by atoms with Gasteiger partial charge in [0.15, 0.2) is 0 Å². The summed E-state index contributed by atoms with van der Waals surface area (Å²) in [6, 6.07) is 16.3. The Kier molecular flexibility index (Phi) is 6.54. The first-order valence-corrected chi connectivity index (χ1v) is 14.2. The molecule has 4 N–H and O–H groups in total. The van der Waals surface area contributed by atoms with E-state index in [1.807, 2.05) is 45.9 Å². The molecule has 0 heterocycles. The van der Waals surface area contributed by atoms with Crippen molar-refractivity contribution in [2.45, 2.75) is 39.5 Å². The van der Waals surface area contributed by atoms with Gasteiger partial charge in [0.2, 0.25) is 0 Å². The smallest absolute Gasteiger partial charge is 0.336 e. The molecule has 0 aliphatic rings. The highest BCUT2D eigenvalue weighted by molar-refractivity contribution is 6.40. The Bertz CT molecular complexity index is 2190. The summed E-state index contributed by atoms with van der Waals surface area (Å²) in [6.45, 7) is 8.15. The third-order valence-corrected chi connectivity index (χ3v) is 8.57. The number of fused-ring (bicyclic) bond motifs is 2. The summed E-state index contributed by atoms with van der Waals surface area (Å²) in [4.78, 5) is 50.2. The molecular weight excluding hydrogens is 560 g/mol. The van der Waals surface area contributed by atoms with Crippen LogP contribution in [0.4, 0.5) is 0 Å². The lowest BCUT2D eigenvalue weighted by molar-refractivity contribution is 0.0681. The van der Waals surface area contributed by atoms with Gasteiger partial charge in [0.1, 0.15) is 0 Å². The predicted octanol–water partition coefficient (Wildman–Crippen LogP) is 8.44. The van der Waals surface area contributed by atoms with E-state index in [9.17, 15) is 39.6 Å². The summed E-state index contributed by atoms with van der Waals surface area (Å²) in [5, 5.41) is 43.9.